The monoisotopic (exact) mass is 482 g/mol. The Morgan fingerprint density at radius 1 is 0.971 bits per heavy atom. The first-order chi connectivity index (χ1) is 16.3. The largest absolute Gasteiger partial charge is 0.339 e. The molecule has 1 heterocycles. The Morgan fingerprint density at radius 2 is 1.62 bits per heavy atom. The van der Waals surface area contributed by atoms with Crippen LogP contribution in [0.25, 0.3) is 10.8 Å². The molecule has 34 heavy (non-hydrogen) atoms. The fourth-order valence-corrected chi connectivity index (χ4v) is 5.61. The zero-order valence-electron chi connectivity index (χ0n) is 18.8. The van der Waals surface area contributed by atoms with E-state index in [1.807, 2.05) is 24.3 Å². The van der Waals surface area contributed by atoms with E-state index < -0.39 is 14.9 Å². The molecular formula is C24H26N4O5S. The molecule has 0 bridgehead atoms. The number of rotatable bonds is 7. The number of sulfonamides is 1. The van der Waals surface area contributed by atoms with Gasteiger partial charge in [0.2, 0.25) is 15.9 Å². The van der Waals surface area contributed by atoms with E-state index in [4.69, 9.17) is 0 Å². The van der Waals surface area contributed by atoms with Crippen LogP contribution in [0.3, 0.4) is 0 Å². The molecule has 3 aromatic rings. The minimum Gasteiger partial charge on any atom is -0.339 e. The van der Waals surface area contributed by atoms with Gasteiger partial charge in [-0.1, -0.05) is 48.5 Å². The first kappa shape index (κ1) is 23.8. The molecule has 1 amide bonds. The number of amides is 1. The summed E-state index contributed by atoms with van der Waals surface area (Å²) in [6.45, 7) is 1.38. The summed E-state index contributed by atoms with van der Waals surface area (Å²) in [5.74, 6) is -0.135. The third-order valence-electron chi connectivity index (χ3n) is 5.98. The highest BCUT2D eigenvalue weighted by molar-refractivity contribution is 7.89. The van der Waals surface area contributed by atoms with Gasteiger partial charge < -0.3 is 4.90 Å². The number of hydrogen-bond acceptors (Lipinski definition) is 6. The molecule has 0 radical (unpaired) electrons. The summed E-state index contributed by atoms with van der Waals surface area (Å²) >= 11 is 0. The van der Waals surface area contributed by atoms with Gasteiger partial charge in [-0.05, 0) is 30.0 Å². The molecular weight excluding hydrogens is 456 g/mol. The average molecular weight is 483 g/mol. The fourth-order valence-electron chi connectivity index (χ4n) is 4.16. The van der Waals surface area contributed by atoms with Crippen molar-refractivity contribution >= 4 is 32.4 Å². The Balaban J connectivity index is 1.35. The number of carbonyl (C=O) groups excluding carboxylic acids is 1. The molecule has 9 nitrogen and oxygen atoms in total. The van der Waals surface area contributed by atoms with Crippen molar-refractivity contribution in [2.75, 3.05) is 39.8 Å². The summed E-state index contributed by atoms with van der Waals surface area (Å²) in [5, 5.41) is 13.0. The summed E-state index contributed by atoms with van der Waals surface area (Å²) in [4.78, 5) is 27.2. The van der Waals surface area contributed by atoms with Crippen LogP contribution in [0, 0.1) is 10.1 Å². The van der Waals surface area contributed by atoms with Crippen molar-refractivity contribution < 1.29 is 18.1 Å². The fraction of sp³-hybridized carbons (Fsp3) is 0.292. The van der Waals surface area contributed by atoms with E-state index in [1.54, 1.807) is 53.2 Å². The van der Waals surface area contributed by atoms with Crippen molar-refractivity contribution in [1.82, 2.24) is 14.1 Å². The van der Waals surface area contributed by atoms with Crippen LogP contribution in [0.1, 0.15) is 5.56 Å². The van der Waals surface area contributed by atoms with Crippen LogP contribution in [0.5, 0.6) is 0 Å². The lowest BCUT2D eigenvalue weighted by Crippen LogP contribution is -2.52. The van der Waals surface area contributed by atoms with E-state index in [-0.39, 0.29) is 42.7 Å². The zero-order chi connectivity index (χ0) is 24.3. The second-order valence-corrected chi connectivity index (χ2v) is 10.3. The number of hydrogen-bond donors (Lipinski definition) is 0. The minimum absolute atomic E-state index is 0.0225. The van der Waals surface area contributed by atoms with Crippen molar-refractivity contribution in [3.63, 3.8) is 0 Å². The Labute approximate surface area is 198 Å². The highest BCUT2D eigenvalue weighted by Crippen LogP contribution is 2.23. The maximum atomic E-state index is 13.1. The van der Waals surface area contributed by atoms with E-state index in [9.17, 15) is 23.3 Å². The molecule has 0 N–H and O–H groups in total. The molecule has 0 unspecified atom stereocenters. The SMILES string of the molecule is CN(CC(=O)N1CCN(S(=O)(=O)c2ccc3ccccc3c2)CC1)Cc1ccccc1[N+](=O)[O-]. The van der Waals surface area contributed by atoms with Crippen molar-refractivity contribution in [2.45, 2.75) is 11.4 Å². The molecule has 0 aliphatic carbocycles. The molecule has 4 rings (SSSR count). The molecule has 1 aliphatic heterocycles. The van der Waals surface area contributed by atoms with E-state index in [0.717, 1.165) is 10.8 Å². The molecule has 1 fully saturated rings. The van der Waals surface area contributed by atoms with Gasteiger partial charge in [-0.2, -0.15) is 4.31 Å². The zero-order valence-corrected chi connectivity index (χ0v) is 19.6. The van der Waals surface area contributed by atoms with Gasteiger partial charge >= 0.3 is 0 Å². The molecule has 0 aromatic heterocycles. The molecule has 0 saturated carbocycles. The number of likely N-dealkylation sites (N-methyl/N-ethyl adjacent to an activating group) is 1. The lowest BCUT2D eigenvalue weighted by Gasteiger charge is -2.34. The number of piperazine rings is 1. The van der Waals surface area contributed by atoms with Crippen LogP contribution in [-0.4, -0.2) is 73.1 Å². The molecule has 178 valence electrons. The molecule has 1 aliphatic rings. The van der Waals surface area contributed by atoms with E-state index in [2.05, 4.69) is 0 Å². The molecule has 1 saturated heterocycles. The van der Waals surface area contributed by atoms with E-state index in [0.29, 0.717) is 18.7 Å². The van der Waals surface area contributed by atoms with Crippen molar-refractivity contribution in [3.8, 4) is 0 Å². The van der Waals surface area contributed by atoms with Gasteiger partial charge in [0.05, 0.1) is 16.4 Å². The first-order valence-electron chi connectivity index (χ1n) is 10.9. The summed E-state index contributed by atoms with van der Waals surface area (Å²) in [6.07, 6.45) is 0. The van der Waals surface area contributed by atoms with Crippen LogP contribution >= 0.6 is 0 Å². The van der Waals surface area contributed by atoms with Gasteiger partial charge in [0, 0.05) is 44.4 Å². The topological polar surface area (TPSA) is 104 Å². The Kier molecular flexibility index (Phi) is 6.92. The highest BCUT2D eigenvalue weighted by Gasteiger charge is 2.30. The first-order valence-corrected chi connectivity index (χ1v) is 12.4. The maximum Gasteiger partial charge on any atom is 0.273 e. The normalized spacial score (nSPS) is 15.1. The number of nitrogens with zero attached hydrogens (tertiary/aromatic N) is 4. The van der Waals surface area contributed by atoms with Gasteiger partial charge in [0.15, 0.2) is 0 Å². The van der Waals surface area contributed by atoms with Crippen molar-refractivity contribution in [3.05, 3.63) is 82.4 Å². The average Bonchev–Trinajstić information content (AvgIpc) is 2.84. The predicted molar refractivity (Wildman–Crippen MR) is 129 cm³/mol. The number of nitro groups is 1. The number of carbonyl (C=O) groups is 1. The number of para-hydroxylation sites is 1. The van der Waals surface area contributed by atoms with Gasteiger partial charge in [-0.25, -0.2) is 8.42 Å². The Bertz CT molecular complexity index is 1320. The van der Waals surface area contributed by atoms with Crippen LogP contribution in [0.2, 0.25) is 0 Å². The second-order valence-electron chi connectivity index (χ2n) is 8.35. The van der Waals surface area contributed by atoms with Crippen molar-refractivity contribution in [1.29, 1.82) is 0 Å². The number of nitro benzene ring substituents is 1. The van der Waals surface area contributed by atoms with Crippen LogP contribution in [-0.2, 0) is 21.4 Å². The molecule has 0 spiro atoms. The second kappa shape index (κ2) is 9.88. The van der Waals surface area contributed by atoms with Crippen molar-refractivity contribution in [2.24, 2.45) is 0 Å². The molecule has 0 atom stereocenters. The third-order valence-corrected chi connectivity index (χ3v) is 7.88. The summed E-state index contributed by atoms with van der Waals surface area (Å²) in [5.41, 5.74) is 0.559. The van der Waals surface area contributed by atoms with E-state index in [1.165, 1.54) is 10.4 Å². The molecule has 10 heteroatoms. The maximum absolute atomic E-state index is 13.1. The van der Waals surface area contributed by atoms with Crippen LogP contribution < -0.4 is 0 Å². The van der Waals surface area contributed by atoms with Gasteiger partial charge in [-0.15, -0.1) is 0 Å². The smallest absolute Gasteiger partial charge is 0.273 e. The lowest BCUT2D eigenvalue weighted by molar-refractivity contribution is -0.385. The number of benzene rings is 3. The minimum atomic E-state index is -3.66. The predicted octanol–water partition coefficient (Wildman–Crippen LogP) is 2.71. The third kappa shape index (κ3) is 5.09. The standard InChI is InChI=1S/C24H26N4O5S/c1-25(17-21-8-4-5-9-23(21)28(30)31)18-24(29)26-12-14-27(15-13-26)34(32,33)22-11-10-19-6-2-3-7-20(19)16-22/h2-11,16H,12-15,17-18H2,1H3. The number of fused-ring (bicyclic) bond motifs is 1. The Hall–Kier alpha value is -3.34. The summed E-state index contributed by atoms with van der Waals surface area (Å²) in [7, 11) is -1.93. The summed E-state index contributed by atoms with van der Waals surface area (Å²) in [6, 6.07) is 19.2. The lowest BCUT2D eigenvalue weighted by atomic mass is 10.1. The Morgan fingerprint density at radius 3 is 2.32 bits per heavy atom. The molecule has 3 aromatic carbocycles. The van der Waals surface area contributed by atoms with E-state index >= 15 is 0 Å². The van der Waals surface area contributed by atoms with Crippen LogP contribution in [0.15, 0.2) is 71.6 Å². The highest BCUT2D eigenvalue weighted by atomic mass is 32.2. The quantitative estimate of drug-likeness (QED) is 0.379. The summed E-state index contributed by atoms with van der Waals surface area (Å²) < 4.78 is 27.7. The van der Waals surface area contributed by atoms with Gasteiger partial charge in [0.1, 0.15) is 0 Å². The van der Waals surface area contributed by atoms with Crippen LogP contribution in [0.4, 0.5) is 5.69 Å². The van der Waals surface area contributed by atoms with Gasteiger partial charge in [-0.3, -0.25) is 19.8 Å². The van der Waals surface area contributed by atoms with Gasteiger partial charge in [0.25, 0.3) is 5.69 Å².